The third-order valence-corrected chi connectivity index (χ3v) is 4.17. The molecule has 5 nitrogen and oxygen atoms in total. The lowest BCUT2D eigenvalue weighted by Crippen LogP contribution is -2.06. The second-order valence-corrected chi connectivity index (χ2v) is 6.15. The molecule has 0 aromatic carbocycles. The predicted molar refractivity (Wildman–Crippen MR) is 81.7 cm³/mol. The van der Waals surface area contributed by atoms with Gasteiger partial charge in [0.2, 0.25) is 0 Å². The van der Waals surface area contributed by atoms with Crippen LogP contribution in [0.3, 0.4) is 0 Å². The summed E-state index contributed by atoms with van der Waals surface area (Å²) in [6, 6.07) is 1.92. The average molecular weight is 336 g/mol. The SMILES string of the molecule is Cc1nn(C)c(C)c1CNc1cc(Br)nc(C2CC2)n1. The fourth-order valence-corrected chi connectivity index (χ4v) is 2.70. The largest absolute Gasteiger partial charge is 0.366 e. The standard InChI is InChI=1S/C14H18BrN5/c1-8-11(9(2)20(3)19-8)7-16-13-6-12(15)17-14(18-13)10-4-5-10/h6,10H,4-5,7H2,1-3H3,(H,16,17,18). The minimum atomic E-state index is 0.551. The van der Waals surface area contributed by atoms with Crippen molar-refractivity contribution in [1.82, 2.24) is 19.7 Å². The number of nitrogens with one attached hydrogen (secondary N) is 1. The molecule has 1 N–H and O–H groups in total. The summed E-state index contributed by atoms with van der Waals surface area (Å²) in [5.41, 5.74) is 3.48. The molecule has 3 rings (SSSR count). The Hall–Kier alpha value is -1.43. The summed E-state index contributed by atoms with van der Waals surface area (Å²) in [5, 5.41) is 7.82. The number of anilines is 1. The van der Waals surface area contributed by atoms with E-state index in [1.54, 1.807) is 0 Å². The molecule has 0 bridgehead atoms. The van der Waals surface area contributed by atoms with Gasteiger partial charge in [0.25, 0.3) is 0 Å². The number of hydrogen-bond acceptors (Lipinski definition) is 4. The molecule has 1 saturated carbocycles. The first-order valence-electron chi connectivity index (χ1n) is 6.82. The first kappa shape index (κ1) is 13.5. The van der Waals surface area contributed by atoms with Gasteiger partial charge in [0.05, 0.1) is 5.69 Å². The summed E-state index contributed by atoms with van der Waals surface area (Å²) in [4.78, 5) is 9.04. The quantitative estimate of drug-likeness (QED) is 0.872. The lowest BCUT2D eigenvalue weighted by Gasteiger charge is -2.08. The lowest BCUT2D eigenvalue weighted by atomic mass is 10.2. The number of nitrogens with zero attached hydrogens (tertiary/aromatic N) is 4. The van der Waals surface area contributed by atoms with Crippen LogP contribution in [0.5, 0.6) is 0 Å². The Labute approximate surface area is 127 Å². The molecule has 0 unspecified atom stereocenters. The summed E-state index contributed by atoms with van der Waals surface area (Å²) in [6.45, 7) is 4.86. The molecule has 2 aromatic heterocycles. The lowest BCUT2D eigenvalue weighted by molar-refractivity contribution is 0.730. The topological polar surface area (TPSA) is 55.6 Å². The van der Waals surface area contributed by atoms with E-state index in [4.69, 9.17) is 0 Å². The van der Waals surface area contributed by atoms with Crippen LogP contribution in [-0.2, 0) is 13.6 Å². The summed E-state index contributed by atoms with van der Waals surface area (Å²) in [6.07, 6.45) is 2.41. The van der Waals surface area contributed by atoms with Crippen LogP contribution < -0.4 is 5.32 Å². The van der Waals surface area contributed by atoms with E-state index in [1.165, 1.54) is 24.1 Å². The maximum absolute atomic E-state index is 4.60. The van der Waals surface area contributed by atoms with E-state index in [1.807, 2.05) is 24.7 Å². The fourth-order valence-electron chi connectivity index (χ4n) is 2.30. The summed E-state index contributed by atoms with van der Waals surface area (Å²) in [5.74, 6) is 2.37. The Bertz CT molecular complexity index is 645. The van der Waals surface area contributed by atoms with Crippen LogP contribution in [0.15, 0.2) is 10.7 Å². The predicted octanol–water partition coefficient (Wildman–Crippen LogP) is 3.08. The first-order valence-corrected chi connectivity index (χ1v) is 7.61. The molecule has 2 aromatic rings. The molecule has 0 radical (unpaired) electrons. The highest BCUT2D eigenvalue weighted by atomic mass is 79.9. The molecular formula is C14H18BrN5. The van der Waals surface area contributed by atoms with Gasteiger partial charge in [0.1, 0.15) is 16.2 Å². The van der Waals surface area contributed by atoms with Gasteiger partial charge in [0.15, 0.2) is 0 Å². The monoisotopic (exact) mass is 335 g/mol. The van der Waals surface area contributed by atoms with Crippen molar-refractivity contribution < 1.29 is 0 Å². The van der Waals surface area contributed by atoms with E-state index in [2.05, 4.69) is 43.2 Å². The van der Waals surface area contributed by atoms with Crippen molar-refractivity contribution in [3.63, 3.8) is 0 Å². The average Bonchev–Trinajstić information content (AvgIpc) is 3.18. The van der Waals surface area contributed by atoms with Crippen molar-refractivity contribution in [2.75, 3.05) is 5.32 Å². The van der Waals surface area contributed by atoms with Crippen molar-refractivity contribution in [2.45, 2.75) is 39.2 Å². The minimum absolute atomic E-state index is 0.551. The molecule has 1 aliphatic carbocycles. The van der Waals surface area contributed by atoms with Crippen LogP contribution in [0.2, 0.25) is 0 Å². The van der Waals surface area contributed by atoms with E-state index in [-0.39, 0.29) is 0 Å². The number of aryl methyl sites for hydroxylation is 2. The van der Waals surface area contributed by atoms with Crippen molar-refractivity contribution in [1.29, 1.82) is 0 Å². The second kappa shape index (κ2) is 5.16. The third-order valence-electron chi connectivity index (χ3n) is 3.76. The van der Waals surface area contributed by atoms with Crippen LogP contribution in [-0.4, -0.2) is 19.7 Å². The van der Waals surface area contributed by atoms with E-state index in [0.717, 1.165) is 28.5 Å². The maximum atomic E-state index is 4.60. The zero-order valence-corrected chi connectivity index (χ0v) is 13.5. The highest BCUT2D eigenvalue weighted by molar-refractivity contribution is 9.10. The number of halogens is 1. The van der Waals surface area contributed by atoms with Gasteiger partial charge in [-0.25, -0.2) is 9.97 Å². The fraction of sp³-hybridized carbons (Fsp3) is 0.500. The van der Waals surface area contributed by atoms with Gasteiger partial charge in [-0.1, -0.05) is 0 Å². The zero-order chi connectivity index (χ0) is 14.3. The molecule has 1 aliphatic rings. The normalized spacial score (nSPS) is 14.6. The second-order valence-electron chi connectivity index (χ2n) is 5.33. The number of rotatable bonds is 4. The zero-order valence-electron chi connectivity index (χ0n) is 11.9. The maximum Gasteiger partial charge on any atom is 0.135 e. The molecule has 2 heterocycles. The van der Waals surface area contributed by atoms with Gasteiger partial charge < -0.3 is 5.32 Å². The molecule has 20 heavy (non-hydrogen) atoms. The number of hydrogen-bond donors (Lipinski definition) is 1. The Morgan fingerprint density at radius 2 is 2.10 bits per heavy atom. The molecule has 106 valence electrons. The van der Waals surface area contributed by atoms with E-state index >= 15 is 0 Å². The van der Waals surface area contributed by atoms with Crippen LogP contribution in [0.4, 0.5) is 5.82 Å². The summed E-state index contributed by atoms with van der Waals surface area (Å²) >= 11 is 3.46. The van der Waals surface area contributed by atoms with Crippen molar-refractivity contribution in [2.24, 2.45) is 7.05 Å². The Morgan fingerprint density at radius 1 is 1.35 bits per heavy atom. The van der Waals surface area contributed by atoms with Crippen molar-refractivity contribution in [3.05, 3.63) is 33.4 Å². The van der Waals surface area contributed by atoms with Gasteiger partial charge in [-0.3, -0.25) is 4.68 Å². The minimum Gasteiger partial charge on any atom is -0.366 e. The molecule has 1 fully saturated rings. The smallest absolute Gasteiger partial charge is 0.135 e. The van der Waals surface area contributed by atoms with E-state index in [0.29, 0.717) is 5.92 Å². The molecule has 0 aliphatic heterocycles. The van der Waals surface area contributed by atoms with Crippen LogP contribution >= 0.6 is 15.9 Å². The Morgan fingerprint density at radius 3 is 2.70 bits per heavy atom. The molecule has 0 amide bonds. The highest BCUT2D eigenvalue weighted by Gasteiger charge is 2.27. The molecule has 0 spiro atoms. The van der Waals surface area contributed by atoms with Gasteiger partial charge in [-0.2, -0.15) is 5.10 Å². The molecular weight excluding hydrogens is 318 g/mol. The van der Waals surface area contributed by atoms with Crippen LogP contribution in [0, 0.1) is 13.8 Å². The van der Waals surface area contributed by atoms with Gasteiger partial charge in [-0.05, 0) is 42.6 Å². The van der Waals surface area contributed by atoms with Crippen molar-refractivity contribution in [3.8, 4) is 0 Å². The number of aromatic nitrogens is 4. The Balaban J connectivity index is 1.78. The van der Waals surface area contributed by atoms with E-state index < -0.39 is 0 Å². The van der Waals surface area contributed by atoms with Crippen LogP contribution in [0.25, 0.3) is 0 Å². The van der Waals surface area contributed by atoms with Gasteiger partial charge >= 0.3 is 0 Å². The van der Waals surface area contributed by atoms with Crippen LogP contribution in [0.1, 0.15) is 41.5 Å². The van der Waals surface area contributed by atoms with Gasteiger partial charge in [0, 0.05) is 36.8 Å². The van der Waals surface area contributed by atoms with E-state index in [9.17, 15) is 0 Å². The summed E-state index contributed by atoms with van der Waals surface area (Å²) < 4.78 is 2.76. The molecule has 0 atom stereocenters. The molecule has 0 saturated heterocycles. The summed E-state index contributed by atoms with van der Waals surface area (Å²) in [7, 11) is 1.97. The first-order chi connectivity index (χ1) is 9.54. The molecule has 6 heteroatoms. The highest BCUT2D eigenvalue weighted by Crippen LogP contribution is 2.38. The Kier molecular flexibility index (Phi) is 3.50. The third kappa shape index (κ3) is 2.70. The van der Waals surface area contributed by atoms with Crippen molar-refractivity contribution >= 4 is 21.7 Å². The van der Waals surface area contributed by atoms with Gasteiger partial charge in [-0.15, -0.1) is 0 Å².